The number of hydrogen-bond donors (Lipinski definition) is 4. The van der Waals surface area contributed by atoms with Crippen molar-refractivity contribution in [3.05, 3.63) is 0 Å². The van der Waals surface area contributed by atoms with Crippen molar-refractivity contribution in [2.75, 3.05) is 26.2 Å². The Labute approximate surface area is 194 Å². The molecule has 32 heavy (non-hydrogen) atoms. The van der Waals surface area contributed by atoms with Crippen LogP contribution in [-0.4, -0.2) is 84.0 Å². The van der Waals surface area contributed by atoms with Gasteiger partial charge in [0.15, 0.2) is 0 Å². The molecule has 0 aromatic heterocycles. The molecule has 2 aliphatic carbocycles. The Morgan fingerprint density at radius 2 is 1.06 bits per heavy atom. The van der Waals surface area contributed by atoms with Crippen LogP contribution in [0.25, 0.3) is 0 Å². The molecule has 8 heteroatoms. The molecule has 2 amide bonds. The summed E-state index contributed by atoms with van der Waals surface area (Å²) in [4.78, 5) is 28.4. The Kier molecular flexibility index (Phi) is 9.77. The fourth-order valence-corrected chi connectivity index (χ4v) is 6.23. The normalized spacial score (nSPS) is 36.4. The van der Waals surface area contributed by atoms with Crippen LogP contribution in [0.5, 0.6) is 0 Å². The van der Waals surface area contributed by atoms with Crippen LogP contribution in [0.3, 0.4) is 0 Å². The van der Waals surface area contributed by atoms with E-state index < -0.39 is 0 Å². The van der Waals surface area contributed by atoms with Crippen molar-refractivity contribution in [2.45, 2.75) is 114 Å². The zero-order valence-corrected chi connectivity index (χ0v) is 20.2. The fraction of sp³-hybridized carbons (Fsp3) is 0.917. The van der Waals surface area contributed by atoms with E-state index in [2.05, 4.69) is 34.3 Å². The predicted molar refractivity (Wildman–Crippen MR) is 128 cm³/mol. The highest BCUT2D eigenvalue weighted by molar-refractivity contribution is 5.76. The summed E-state index contributed by atoms with van der Waals surface area (Å²) < 4.78 is 0. The Balaban J connectivity index is 1.80. The predicted octanol–water partition coefficient (Wildman–Crippen LogP) is 0.933. The lowest BCUT2D eigenvalue weighted by Crippen LogP contribution is -2.59. The van der Waals surface area contributed by atoms with Gasteiger partial charge in [-0.1, -0.05) is 25.7 Å². The first kappa shape index (κ1) is 25.4. The van der Waals surface area contributed by atoms with Crippen LogP contribution in [0.4, 0.5) is 0 Å². The summed E-state index contributed by atoms with van der Waals surface area (Å²) >= 11 is 0. The maximum Gasteiger partial charge on any atom is 0.231 e. The van der Waals surface area contributed by atoms with Crippen molar-refractivity contribution in [3.63, 3.8) is 0 Å². The Bertz CT molecular complexity index is 565. The van der Waals surface area contributed by atoms with E-state index in [1.807, 2.05) is 0 Å². The average molecular weight is 451 g/mol. The number of rotatable bonds is 4. The van der Waals surface area contributed by atoms with Crippen molar-refractivity contribution in [1.29, 1.82) is 0 Å². The second kappa shape index (κ2) is 12.3. The van der Waals surface area contributed by atoms with Crippen LogP contribution in [0.2, 0.25) is 0 Å². The van der Waals surface area contributed by atoms with Gasteiger partial charge in [-0.15, -0.1) is 0 Å². The lowest BCUT2D eigenvalue weighted by atomic mass is 9.87. The molecule has 1 saturated heterocycles. The second-order valence-corrected chi connectivity index (χ2v) is 10.5. The SMILES string of the molecule is CC1CCN(CC(N)=O)C2CCCCC2NC(C)CCN(CC(N)=O)C2CCCCC2N1. The van der Waals surface area contributed by atoms with Gasteiger partial charge in [-0.3, -0.25) is 19.4 Å². The molecule has 8 nitrogen and oxygen atoms in total. The third-order valence-corrected chi connectivity index (χ3v) is 7.81. The number of nitrogens with two attached hydrogens (primary N) is 2. The van der Waals surface area contributed by atoms with Gasteiger partial charge in [-0.05, 0) is 52.4 Å². The maximum atomic E-state index is 11.9. The van der Waals surface area contributed by atoms with E-state index in [1.54, 1.807) is 0 Å². The molecule has 0 aromatic carbocycles. The van der Waals surface area contributed by atoms with Crippen LogP contribution in [0, 0.1) is 0 Å². The summed E-state index contributed by atoms with van der Waals surface area (Å²) in [5.41, 5.74) is 11.3. The largest absolute Gasteiger partial charge is 0.369 e. The van der Waals surface area contributed by atoms with Crippen LogP contribution < -0.4 is 22.1 Å². The molecule has 184 valence electrons. The molecule has 6 N–H and O–H groups in total. The van der Waals surface area contributed by atoms with Gasteiger partial charge in [0.1, 0.15) is 0 Å². The molecule has 3 rings (SSSR count). The molecule has 0 spiro atoms. The topological polar surface area (TPSA) is 117 Å². The summed E-state index contributed by atoms with van der Waals surface area (Å²) in [6.45, 7) is 6.91. The van der Waals surface area contributed by atoms with Gasteiger partial charge in [0, 0.05) is 49.3 Å². The van der Waals surface area contributed by atoms with Gasteiger partial charge in [0.05, 0.1) is 13.1 Å². The lowest BCUT2D eigenvalue weighted by Gasteiger charge is -2.44. The minimum absolute atomic E-state index is 0.237. The standard InChI is InChI=1S/C24H46N6O2/c1-17-11-13-29(15-23(25)31)22-10-6-4-8-20(22)28-18(2)12-14-30(16-24(26)32)21-9-5-3-7-19(21)27-17/h17-22,27-28H,3-16H2,1-2H3,(H2,25,31)(H2,26,32). The molecule has 0 aromatic rings. The number of amides is 2. The number of fused-ring (bicyclic) bond motifs is 2. The van der Waals surface area contributed by atoms with Crippen molar-refractivity contribution >= 4 is 11.8 Å². The third kappa shape index (κ3) is 7.40. The highest BCUT2D eigenvalue weighted by Crippen LogP contribution is 2.27. The summed E-state index contributed by atoms with van der Waals surface area (Å²) in [5.74, 6) is -0.475. The van der Waals surface area contributed by atoms with Crippen molar-refractivity contribution in [2.24, 2.45) is 11.5 Å². The highest BCUT2D eigenvalue weighted by Gasteiger charge is 2.35. The summed E-state index contributed by atoms with van der Waals surface area (Å²) in [6.07, 6.45) is 11.3. The van der Waals surface area contributed by atoms with E-state index in [4.69, 9.17) is 11.5 Å². The smallest absolute Gasteiger partial charge is 0.231 e. The van der Waals surface area contributed by atoms with Crippen LogP contribution >= 0.6 is 0 Å². The van der Waals surface area contributed by atoms with Crippen LogP contribution in [0.15, 0.2) is 0 Å². The van der Waals surface area contributed by atoms with Crippen LogP contribution in [-0.2, 0) is 9.59 Å². The molecule has 2 saturated carbocycles. The second-order valence-electron chi connectivity index (χ2n) is 10.5. The first-order valence-electron chi connectivity index (χ1n) is 12.9. The molecular weight excluding hydrogens is 404 g/mol. The first-order valence-corrected chi connectivity index (χ1v) is 12.9. The molecule has 3 aliphatic rings. The van der Waals surface area contributed by atoms with Gasteiger partial charge in [-0.2, -0.15) is 0 Å². The van der Waals surface area contributed by atoms with E-state index in [0.717, 1.165) is 51.6 Å². The molecule has 0 radical (unpaired) electrons. The van der Waals surface area contributed by atoms with E-state index >= 15 is 0 Å². The molecule has 0 bridgehead atoms. The minimum Gasteiger partial charge on any atom is -0.369 e. The zero-order valence-electron chi connectivity index (χ0n) is 20.2. The Morgan fingerprint density at radius 3 is 1.44 bits per heavy atom. The molecule has 3 fully saturated rings. The van der Waals surface area contributed by atoms with Gasteiger partial charge in [0.2, 0.25) is 11.8 Å². The Morgan fingerprint density at radius 1 is 0.688 bits per heavy atom. The van der Waals surface area contributed by atoms with E-state index in [-0.39, 0.29) is 11.8 Å². The average Bonchev–Trinajstić information content (AvgIpc) is 2.74. The number of nitrogens with zero attached hydrogens (tertiary/aromatic N) is 2. The summed E-state index contributed by atoms with van der Waals surface area (Å²) in [7, 11) is 0. The lowest BCUT2D eigenvalue weighted by molar-refractivity contribution is -0.121. The molecule has 6 unspecified atom stereocenters. The summed E-state index contributed by atoms with van der Waals surface area (Å²) in [5, 5.41) is 7.76. The third-order valence-electron chi connectivity index (χ3n) is 7.81. The van der Waals surface area contributed by atoms with Gasteiger partial charge >= 0.3 is 0 Å². The zero-order chi connectivity index (χ0) is 23.1. The summed E-state index contributed by atoms with van der Waals surface area (Å²) in [6, 6.07) is 2.11. The number of hydrogen-bond acceptors (Lipinski definition) is 6. The molecule has 6 atom stereocenters. The van der Waals surface area contributed by atoms with Gasteiger partial charge < -0.3 is 22.1 Å². The van der Waals surface area contributed by atoms with E-state index in [1.165, 1.54) is 25.7 Å². The minimum atomic E-state index is -0.237. The molecule has 1 heterocycles. The molecule has 1 aliphatic heterocycles. The van der Waals surface area contributed by atoms with Crippen LogP contribution in [0.1, 0.15) is 78.1 Å². The highest BCUT2D eigenvalue weighted by atomic mass is 16.1. The number of nitrogens with one attached hydrogen (secondary N) is 2. The van der Waals surface area contributed by atoms with Crippen molar-refractivity contribution in [3.8, 4) is 0 Å². The number of carbonyl (C=O) groups excluding carboxylic acids is 2. The van der Waals surface area contributed by atoms with Gasteiger partial charge in [0.25, 0.3) is 0 Å². The maximum absolute atomic E-state index is 11.9. The first-order chi connectivity index (χ1) is 15.3. The number of carbonyl (C=O) groups is 2. The Hall–Kier alpha value is -1.22. The van der Waals surface area contributed by atoms with Crippen molar-refractivity contribution < 1.29 is 9.59 Å². The monoisotopic (exact) mass is 450 g/mol. The quantitative estimate of drug-likeness (QED) is 0.506. The number of primary amides is 2. The van der Waals surface area contributed by atoms with E-state index in [0.29, 0.717) is 49.3 Å². The van der Waals surface area contributed by atoms with E-state index in [9.17, 15) is 9.59 Å². The molecular formula is C24H46N6O2. The van der Waals surface area contributed by atoms with Crippen molar-refractivity contribution in [1.82, 2.24) is 20.4 Å². The van der Waals surface area contributed by atoms with Gasteiger partial charge in [-0.25, -0.2) is 0 Å². The fourth-order valence-electron chi connectivity index (χ4n) is 6.23.